The number of nitrogens with two attached hydrogens (primary N) is 1. The quantitative estimate of drug-likeness (QED) is 0.641. The lowest BCUT2D eigenvalue weighted by Gasteiger charge is -2.37. The topological polar surface area (TPSA) is 41.3 Å². The van der Waals surface area contributed by atoms with Crippen LogP contribution in [0.1, 0.15) is 32.6 Å². The summed E-state index contributed by atoms with van der Waals surface area (Å²) in [6.45, 7) is 3.02. The number of nitrogens with one attached hydrogen (secondary N) is 1. The first-order valence-electron chi connectivity index (χ1n) is 5.30. The largest absolute Gasteiger partial charge is 0.329 e. The summed E-state index contributed by atoms with van der Waals surface area (Å²) in [6, 6.07) is 0. The maximum atomic E-state index is 5.89. The monoisotopic (exact) mass is 185 g/mol. The van der Waals surface area contributed by atoms with Crippen LogP contribution in [0, 0.1) is 5.92 Å². The van der Waals surface area contributed by atoms with Gasteiger partial charge in [0, 0.05) is 26.2 Å². The highest BCUT2D eigenvalue weighted by molar-refractivity contribution is 4.98. The molecule has 0 amide bonds. The van der Waals surface area contributed by atoms with Gasteiger partial charge in [-0.1, -0.05) is 19.8 Å². The average Bonchev–Trinajstić information content (AvgIpc) is 2.47. The first-order valence-corrected chi connectivity index (χ1v) is 5.30. The van der Waals surface area contributed by atoms with E-state index in [1.165, 1.54) is 25.7 Å². The third-order valence-electron chi connectivity index (χ3n) is 3.26. The minimum atomic E-state index is 0.179. The SMILES string of the molecule is CCC1CCCC1(CN)NN(C)C. The van der Waals surface area contributed by atoms with Gasteiger partial charge in [-0.2, -0.15) is 0 Å². The summed E-state index contributed by atoms with van der Waals surface area (Å²) in [5.41, 5.74) is 9.59. The van der Waals surface area contributed by atoms with E-state index in [1.807, 2.05) is 19.1 Å². The van der Waals surface area contributed by atoms with Crippen LogP contribution >= 0.6 is 0 Å². The van der Waals surface area contributed by atoms with E-state index < -0.39 is 0 Å². The summed E-state index contributed by atoms with van der Waals surface area (Å²) in [7, 11) is 4.09. The molecule has 0 aromatic carbocycles. The summed E-state index contributed by atoms with van der Waals surface area (Å²) in [5, 5.41) is 2.04. The first-order chi connectivity index (χ1) is 6.14. The van der Waals surface area contributed by atoms with Crippen LogP contribution in [0.25, 0.3) is 0 Å². The van der Waals surface area contributed by atoms with Crippen molar-refractivity contribution in [3.8, 4) is 0 Å². The van der Waals surface area contributed by atoms with E-state index >= 15 is 0 Å². The van der Waals surface area contributed by atoms with E-state index in [9.17, 15) is 0 Å². The molecule has 1 aliphatic carbocycles. The Kier molecular flexibility index (Phi) is 3.71. The molecule has 3 N–H and O–H groups in total. The Bertz CT molecular complexity index is 158. The van der Waals surface area contributed by atoms with Gasteiger partial charge in [-0.25, -0.2) is 5.43 Å². The Morgan fingerprint density at radius 2 is 2.23 bits per heavy atom. The molecule has 0 saturated heterocycles. The number of nitrogens with zero attached hydrogens (tertiary/aromatic N) is 1. The van der Waals surface area contributed by atoms with Gasteiger partial charge in [0.15, 0.2) is 0 Å². The average molecular weight is 185 g/mol. The van der Waals surface area contributed by atoms with E-state index in [0.717, 1.165) is 12.5 Å². The minimum absolute atomic E-state index is 0.179. The van der Waals surface area contributed by atoms with Gasteiger partial charge >= 0.3 is 0 Å². The molecule has 1 fully saturated rings. The Morgan fingerprint density at radius 3 is 2.69 bits per heavy atom. The Morgan fingerprint density at radius 1 is 1.54 bits per heavy atom. The zero-order chi connectivity index (χ0) is 9.90. The summed E-state index contributed by atoms with van der Waals surface area (Å²) >= 11 is 0. The van der Waals surface area contributed by atoms with Crippen LogP contribution in [0.3, 0.4) is 0 Å². The predicted octanol–water partition coefficient (Wildman–Crippen LogP) is 0.960. The van der Waals surface area contributed by atoms with E-state index in [1.54, 1.807) is 0 Å². The molecule has 13 heavy (non-hydrogen) atoms. The van der Waals surface area contributed by atoms with E-state index in [-0.39, 0.29) is 5.54 Å². The molecule has 2 atom stereocenters. The van der Waals surface area contributed by atoms with Gasteiger partial charge in [-0.05, 0) is 18.8 Å². The minimum Gasteiger partial charge on any atom is -0.329 e. The summed E-state index contributed by atoms with van der Waals surface area (Å²) in [6.07, 6.45) is 5.10. The van der Waals surface area contributed by atoms with Crippen molar-refractivity contribution in [2.45, 2.75) is 38.1 Å². The fraction of sp³-hybridized carbons (Fsp3) is 1.00. The first kappa shape index (κ1) is 11.0. The highest BCUT2D eigenvalue weighted by Crippen LogP contribution is 2.37. The third kappa shape index (κ3) is 2.22. The zero-order valence-corrected chi connectivity index (χ0v) is 9.14. The lowest BCUT2D eigenvalue weighted by molar-refractivity contribution is 0.123. The maximum absolute atomic E-state index is 5.89. The third-order valence-corrected chi connectivity index (χ3v) is 3.26. The molecule has 0 aromatic rings. The van der Waals surface area contributed by atoms with E-state index in [2.05, 4.69) is 12.3 Å². The molecule has 1 saturated carbocycles. The van der Waals surface area contributed by atoms with Gasteiger partial charge in [0.25, 0.3) is 0 Å². The van der Waals surface area contributed by atoms with Gasteiger partial charge < -0.3 is 5.73 Å². The van der Waals surface area contributed by atoms with Crippen molar-refractivity contribution < 1.29 is 0 Å². The molecular formula is C10H23N3. The van der Waals surface area contributed by atoms with Crippen LogP contribution in [0.5, 0.6) is 0 Å². The molecule has 0 heterocycles. The molecule has 78 valence electrons. The maximum Gasteiger partial charge on any atom is 0.0475 e. The number of hydrogen-bond acceptors (Lipinski definition) is 3. The van der Waals surface area contributed by atoms with Crippen LogP contribution in [-0.4, -0.2) is 31.2 Å². The predicted molar refractivity (Wildman–Crippen MR) is 56.2 cm³/mol. The van der Waals surface area contributed by atoms with Crippen molar-refractivity contribution in [2.24, 2.45) is 11.7 Å². The van der Waals surface area contributed by atoms with Gasteiger partial charge in [-0.15, -0.1) is 0 Å². The molecule has 1 aliphatic rings. The van der Waals surface area contributed by atoms with E-state index in [0.29, 0.717) is 0 Å². The fourth-order valence-corrected chi connectivity index (χ4v) is 2.65. The zero-order valence-electron chi connectivity index (χ0n) is 9.14. The molecular weight excluding hydrogens is 162 g/mol. The summed E-state index contributed by atoms with van der Waals surface area (Å²) < 4.78 is 0. The molecule has 1 rings (SSSR count). The second kappa shape index (κ2) is 4.40. The highest BCUT2D eigenvalue weighted by Gasteiger charge is 2.40. The smallest absolute Gasteiger partial charge is 0.0475 e. The number of hydrazine groups is 1. The molecule has 0 radical (unpaired) electrons. The number of hydrogen-bond donors (Lipinski definition) is 2. The van der Waals surface area contributed by atoms with Crippen molar-refractivity contribution in [1.29, 1.82) is 0 Å². The van der Waals surface area contributed by atoms with Crippen molar-refractivity contribution >= 4 is 0 Å². The molecule has 0 spiro atoms. The van der Waals surface area contributed by atoms with Crippen LogP contribution in [0.15, 0.2) is 0 Å². The molecule has 0 bridgehead atoms. The molecule has 3 heteroatoms. The lowest BCUT2D eigenvalue weighted by atomic mass is 9.86. The molecule has 3 nitrogen and oxygen atoms in total. The fourth-order valence-electron chi connectivity index (χ4n) is 2.65. The molecule has 0 aliphatic heterocycles. The van der Waals surface area contributed by atoms with Gasteiger partial charge in [0.05, 0.1) is 0 Å². The van der Waals surface area contributed by atoms with Crippen LogP contribution in [0.2, 0.25) is 0 Å². The van der Waals surface area contributed by atoms with Crippen LogP contribution < -0.4 is 11.2 Å². The van der Waals surface area contributed by atoms with Crippen LogP contribution in [0.4, 0.5) is 0 Å². The Hall–Kier alpha value is -0.120. The van der Waals surface area contributed by atoms with Crippen molar-refractivity contribution in [3.05, 3.63) is 0 Å². The normalized spacial score (nSPS) is 34.4. The Balaban J connectivity index is 2.66. The molecule has 2 unspecified atom stereocenters. The van der Waals surface area contributed by atoms with Crippen molar-refractivity contribution in [2.75, 3.05) is 20.6 Å². The van der Waals surface area contributed by atoms with Gasteiger partial charge in [-0.3, -0.25) is 5.01 Å². The second-order valence-corrected chi connectivity index (χ2v) is 4.36. The second-order valence-electron chi connectivity index (χ2n) is 4.36. The van der Waals surface area contributed by atoms with Crippen molar-refractivity contribution in [1.82, 2.24) is 10.4 Å². The lowest BCUT2D eigenvalue weighted by Crippen LogP contribution is -2.58. The standard InChI is InChI=1S/C10H23N3/c1-4-9-6-5-7-10(9,8-11)12-13(2)3/h9,12H,4-8,11H2,1-3H3. The highest BCUT2D eigenvalue weighted by atomic mass is 15.5. The van der Waals surface area contributed by atoms with Gasteiger partial charge in [0.2, 0.25) is 0 Å². The molecule has 0 aromatic heterocycles. The Labute approximate surface area is 81.6 Å². The number of rotatable bonds is 4. The van der Waals surface area contributed by atoms with Crippen molar-refractivity contribution in [3.63, 3.8) is 0 Å². The van der Waals surface area contributed by atoms with E-state index in [4.69, 9.17) is 5.73 Å². The summed E-state index contributed by atoms with van der Waals surface area (Å²) in [4.78, 5) is 0. The van der Waals surface area contributed by atoms with Crippen LogP contribution in [-0.2, 0) is 0 Å². The summed E-state index contributed by atoms with van der Waals surface area (Å²) in [5.74, 6) is 0.750. The van der Waals surface area contributed by atoms with Gasteiger partial charge in [0.1, 0.15) is 0 Å².